The summed E-state index contributed by atoms with van der Waals surface area (Å²) in [6, 6.07) is 0.542. The maximum Gasteiger partial charge on any atom is 0.0476 e. The van der Waals surface area contributed by atoms with Gasteiger partial charge in [0.05, 0.1) is 0 Å². The SMILES string of the molecule is COCCC(C)NCC1(CCl)CC1. The van der Waals surface area contributed by atoms with Crippen LogP contribution in [0.1, 0.15) is 26.2 Å². The Morgan fingerprint density at radius 3 is 2.69 bits per heavy atom. The van der Waals surface area contributed by atoms with Gasteiger partial charge >= 0.3 is 0 Å². The summed E-state index contributed by atoms with van der Waals surface area (Å²) < 4.78 is 5.02. The second-order valence-corrected chi connectivity index (χ2v) is 4.46. The highest BCUT2D eigenvalue weighted by Gasteiger charge is 2.41. The number of alkyl halides is 1. The first kappa shape index (κ1) is 11.3. The lowest BCUT2D eigenvalue weighted by molar-refractivity contribution is 0.184. The first-order valence-corrected chi connectivity index (χ1v) is 5.54. The standard InChI is InChI=1S/C10H20ClNO/c1-9(3-6-13-2)12-8-10(7-11)4-5-10/h9,12H,3-8H2,1-2H3. The van der Waals surface area contributed by atoms with Crippen molar-refractivity contribution in [2.75, 3.05) is 26.1 Å². The molecule has 0 radical (unpaired) electrons. The Balaban J connectivity index is 2.04. The van der Waals surface area contributed by atoms with E-state index < -0.39 is 0 Å². The molecule has 1 rings (SSSR count). The number of hydrogen-bond acceptors (Lipinski definition) is 2. The van der Waals surface area contributed by atoms with Crippen molar-refractivity contribution in [3.8, 4) is 0 Å². The van der Waals surface area contributed by atoms with Crippen LogP contribution >= 0.6 is 11.6 Å². The van der Waals surface area contributed by atoms with E-state index in [0.717, 1.165) is 25.5 Å². The molecule has 1 atom stereocenters. The van der Waals surface area contributed by atoms with Gasteiger partial charge in [-0.25, -0.2) is 0 Å². The predicted octanol–water partition coefficient (Wildman–Crippen LogP) is 2.02. The lowest BCUT2D eigenvalue weighted by Gasteiger charge is -2.17. The highest BCUT2D eigenvalue weighted by Crippen LogP contribution is 2.45. The summed E-state index contributed by atoms with van der Waals surface area (Å²) in [5.41, 5.74) is 0.433. The molecule has 1 unspecified atom stereocenters. The molecule has 1 aliphatic carbocycles. The molecule has 0 aliphatic heterocycles. The Hall–Kier alpha value is 0.210. The first-order valence-electron chi connectivity index (χ1n) is 5.01. The van der Waals surface area contributed by atoms with Crippen LogP contribution in [0.5, 0.6) is 0 Å². The number of hydrogen-bond donors (Lipinski definition) is 1. The molecular formula is C10H20ClNO. The molecule has 78 valence electrons. The van der Waals surface area contributed by atoms with Crippen LogP contribution in [0.2, 0.25) is 0 Å². The third-order valence-electron chi connectivity index (χ3n) is 2.82. The fourth-order valence-corrected chi connectivity index (χ4v) is 1.68. The summed E-state index contributed by atoms with van der Waals surface area (Å²) in [7, 11) is 1.74. The minimum absolute atomic E-state index is 0.433. The van der Waals surface area contributed by atoms with Gasteiger partial charge in [-0.05, 0) is 31.6 Å². The molecule has 0 saturated heterocycles. The van der Waals surface area contributed by atoms with E-state index in [1.807, 2.05) is 0 Å². The van der Waals surface area contributed by atoms with Crippen LogP contribution in [-0.4, -0.2) is 32.2 Å². The summed E-state index contributed by atoms with van der Waals surface area (Å²) in [6.07, 6.45) is 3.66. The monoisotopic (exact) mass is 205 g/mol. The van der Waals surface area contributed by atoms with Gasteiger partial charge in [-0.15, -0.1) is 11.6 Å². The van der Waals surface area contributed by atoms with Crippen molar-refractivity contribution in [3.63, 3.8) is 0 Å². The Labute approximate surface area is 86.0 Å². The maximum atomic E-state index is 5.88. The molecule has 0 aromatic rings. The van der Waals surface area contributed by atoms with E-state index in [4.69, 9.17) is 16.3 Å². The lowest BCUT2D eigenvalue weighted by atomic mass is 10.1. The number of rotatable bonds is 7. The zero-order valence-corrected chi connectivity index (χ0v) is 9.36. The maximum absolute atomic E-state index is 5.88. The normalized spacial score (nSPS) is 21.5. The molecule has 0 aromatic carbocycles. The van der Waals surface area contributed by atoms with E-state index in [1.165, 1.54) is 12.8 Å². The van der Waals surface area contributed by atoms with E-state index in [9.17, 15) is 0 Å². The molecule has 1 fully saturated rings. The summed E-state index contributed by atoms with van der Waals surface area (Å²) in [6.45, 7) is 4.10. The topological polar surface area (TPSA) is 21.3 Å². The van der Waals surface area contributed by atoms with Crippen LogP contribution < -0.4 is 5.32 Å². The fourth-order valence-electron chi connectivity index (χ4n) is 1.32. The number of nitrogens with one attached hydrogen (secondary N) is 1. The third-order valence-corrected chi connectivity index (χ3v) is 3.39. The van der Waals surface area contributed by atoms with Gasteiger partial charge in [-0.1, -0.05) is 0 Å². The summed E-state index contributed by atoms with van der Waals surface area (Å²) >= 11 is 5.88. The Morgan fingerprint density at radius 2 is 2.23 bits per heavy atom. The molecule has 1 aliphatic rings. The van der Waals surface area contributed by atoms with Gasteiger partial charge in [0.1, 0.15) is 0 Å². The quantitative estimate of drug-likeness (QED) is 0.643. The van der Waals surface area contributed by atoms with Crippen molar-refractivity contribution in [3.05, 3.63) is 0 Å². The molecule has 0 amide bonds. The summed E-state index contributed by atoms with van der Waals surface area (Å²) in [4.78, 5) is 0. The van der Waals surface area contributed by atoms with E-state index in [0.29, 0.717) is 11.5 Å². The van der Waals surface area contributed by atoms with E-state index in [2.05, 4.69) is 12.2 Å². The van der Waals surface area contributed by atoms with Crippen molar-refractivity contribution < 1.29 is 4.74 Å². The van der Waals surface area contributed by atoms with Gasteiger partial charge in [0.25, 0.3) is 0 Å². The largest absolute Gasteiger partial charge is 0.385 e. The van der Waals surface area contributed by atoms with Crippen LogP contribution in [0.15, 0.2) is 0 Å². The lowest BCUT2D eigenvalue weighted by Crippen LogP contribution is -2.33. The molecule has 0 heterocycles. The highest BCUT2D eigenvalue weighted by atomic mass is 35.5. The smallest absolute Gasteiger partial charge is 0.0476 e. The van der Waals surface area contributed by atoms with Crippen molar-refractivity contribution in [2.24, 2.45) is 5.41 Å². The molecule has 2 nitrogen and oxygen atoms in total. The Morgan fingerprint density at radius 1 is 1.54 bits per heavy atom. The van der Waals surface area contributed by atoms with Crippen LogP contribution in [0, 0.1) is 5.41 Å². The first-order chi connectivity index (χ1) is 6.22. The zero-order valence-electron chi connectivity index (χ0n) is 8.61. The van der Waals surface area contributed by atoms with Crippen molar-refractivity contribution in [2.45, 2.75) is 32.2 Å². The van der Waals surface area contributed by atoms with Gasteiger partial charge in [-0.2, -0.15) is 0 Å². The average Bonchev–Trinajstić information content (AvgIpc) is 2.92. The van der Waals surface area contributed by atoms with Crippen LogP contribution in [-0.2, 0) is 4.74 Å². The molecule has 13 heavy (non-hydrogen) atoms. The Bertz CT molecular complexity index is 148. The number of ether oxygens (including phenoxy) is 1. The fraction of sp³-hybridized carbons (Fsp3) is 1.00. The van der Waals surface area contributed by atoms with Crippen LogP contribution in [0.3, 0.4) is 0 Å². The minimum atomic E-state index is 0.433. The second-order valence-electron chi connectivity index (χ2n) is 4.20. The van der Waals surface area contributed by atoms with Gasteiger partial charge in [0.2, 0.25) is 0 Å². The van der Waals surface area contributed by atoms with Gasteiger partial charge in [0, 0.05) is 32.2 Å². The van der Waals surface area contributed by atoms with Crippen LogP contribution in [0.25, 0.3) is 0 Å². The molecule has 0 aromatic heterocycles. The second kappa shape index (κ2) is 5.18. The van der Waals surface area contributed by atoms with E-state index in [-0.39, 0.29) is 0 Å². The number of halogens is 1. The van der Waals surface area contributed by atoms with Gasteiger partial charge in [-0.3, -0.25) is 0 Å². The predicted molar refractivity (Wildman–Crippen MR) is 56.3 cm³/mol. The zero-order chi connectivity index (χ0) is 9.73. The Kier molecular flexibility index (Phi) is 4.50. The molecule has 3 heteroatoms. The van der Waals surface area contributed by atoms with Crippen molar-refractivity contribution >= 4 is 11.6 Å². The van der Waals surface area contributed by atoms with E-state index >= 15 is 0 Å². The van der Waals surface area contributed by atoms with Crippen LogP contribution in [0.4, 0.5) is 0 Å². The van der Waals surface area contributed by atoms with E-state index in [1.54, 1.807) is 7.11 Å². The average molecular weight is 206 g/mol. The molecule has 0 bridgehead atoms. The van der Waals surface area contributed by atoms with Crippen molar-refractivity contribution in [1.82, 2.24) is 5.32 Å². The summed E-state index contributed by atoms with van der Waals surface area (Å²) in [5, 5.41) is 3.51. The van der Waals surface area contributed by atoms with Gasteiger partial charge in [0.15, 0.2) is 0 Å². The number of methoxy groups -OCH3 is 1. The highest BCUT2D eigenvalue weighted by molar-refractivity contribution is 6.18. The molecule has 1 saturated carbocycles. The van der Waals surface area contributed by atoms with Gasteiger partial charge < -0.3 is 10.1 Å². The molecule has 1 N–H and O–H groups in total. The minimum Gasteiger partial charge on any atom is -0.385 e. The van der Waals surface area contributed by atoms with Crippen molar-refractivity contribution in [1.29, 1.82) is 0 Å². The molecular weight excluding hydrogens is 186 g/mol. The third kappa shape index (κ3) is 3.84. The summed E-state index contributed by atoms with van der Waals surface area (Å²) in [5.74, 6) is 0.803. The molecule has 0 spiro atoms.